The van der Waals surface area contributed by atoms with Crippen LogP contribution in [0.4, 0.5) is 0 Å². The molecule has 3 N–H and O–H groups in total. The molecule has 25 heavy (non-hydrogen) atoms. The van der Waals surface area contributed by atoms with Crippen LogP contribution in [0, 0.1) is 12.8 Å². The number of carbonyl (C=O) groups is 2. The molecule has 1 saturated heterocycles. The number of carbonyl (C=O) groups excluding carboxylic acids is 1. The third-order valence-corrected chi connectivity index (χ3v) is 7.47. The van der Waals surface area contributed by atoms with Gasteiger partial charge in [0.25, 0.3) is 10.0 Å². The van der Waals surface area contributed by atoms with Crippen molar-refractivity contribution in [2.24, 2.45) is 5.92 Å². The normalized spacial score (nSPS) is 21.5. The molecule has 0 aliphatic carbocycles. The molecular weight excluding hydrogens is 368 g/mol. The Hall–Kier alpha value is -1.49. The van der Waals surface area contributed by atoms with Gasteiger partial charge in [-0.05, 0) is 38.8 Å². The topological polar surface area (TPSA) is 124 Å². The molecule has 8 nitrogen and oxygen atoms in total. The molecule has 0 spiro atoms. The minimum absolute atomic E-state index is 0.0420. The monoisotopic (exact) mass is 390 g/mol. The number of carboxylic acid groups (broad SMARTS) is 1. The largest absolute Gasteiger partial charge is 0.479 e. The summed E-state index contributed by atoms with van der Waals surface area (Å²) in [4.78, 5) is 24.0. The molecular formula is C15H22N2O6S2. The van der Waals surface area contributed by atoms with Crippen molar-refractivity contribution in [2.75, 3.05) is 19.6 Å². The van der Waals surface area contributed by atoms with Crippen LogP contribution in [-0.2, 0) is 19.6 Å². The molecule has 0 radical (unpaired) electrons. The fourth-order valence-corrected chi connectivity index (χ4v) is 5.49. The van der Waals surface area contributed by atoms with Crippen molar-refractivity contribution in [3.8, 4) is 0 Å². The van der Waals surface area contributed by atoms with Crippen LogP contribution < -0.4 is 5.32 Å². The standard InChI is InChI=1S/C15H22N2O6S2/c1-10-5-6-12(24-10)25(22,23)17-7-3-4-11(8-17)13(18)16-9-15(2,21)14(19)20/h5-6,11,21H,3-4,7-9H2,1-2H3,(H,16,18)(H,19,20). The fraction of sp³-hybridized carbons (Fsp3) is 0.600. The molecule has 1 aliphatic rings. The molecule has 1 aromatic rings. The Labute approximate surface area is 150 Å². The molecule has 1 aromatic heterocycles. The molecule has 2 rings (SSSR count). The molecule has 2 atom stereocenters. The van der Waals surface area contributed by atoms with E-state index in [0.29, 0.717) is 19.4 Å². The Balaban J connectivity index is 2.03. The van der Waals surface area contributed by atoms with E-state index in [1.54, 1.807) is 12.1 Å². The van der Waals surface area contributed by atoms with Gasteiger partial charge >= 0.3 is 5.97 Å². The van der Waals surface area contributed by atoms with E-state index in [9.17, 15) is 23.1 Å². The molecule has 1 fully saturated rings. The summed E-state index contributed by atoms with van der Waals surface area (Å²) in [7, 11) is -3.64. The van der Waals surface area contributed by atoms with Gasteiger partial charge in [-0.25, -0.2) is 13.2 Å². The maximum Gasteiger partial charge on any atom is 0.337 e. The van der Waals surface area contributed by atoms with Crippen molar-refractivity contribution in [3.63, 3.8) is 0 Å². The maximum absolute atomic E-state index is 12.7. The Bertz CT molecular complexity index is 756. The third kappa shape index (κ3) is 4.57. The second kappa shape index (κ2) is 7.40. The zero-order chi connectivity index (χ0) is 18.8. The van der Waals surface area contributed by atoms with E-state index in [1.165, 1.54) is 15.6 Å². The second-order valence-electron chi connectivity index (χ2n) is 6.36. The van der Waals surface area contributed by atoms with Crippen LogP contribution in [0.2, 0.25) is 0 Å². The number of hydrogen-bond acceptors (Lipinski definition) is 6. The minimum atomic E-state index is -3.64. The first-order valence-corrected chi connectivity index (χ1v) is 10.1. The Morgan fingerprint density at radius 2 is 2.12 bits per heavy atom. The predicted molar refractivity (Wildman–Crippen MR) is 91.8 cm³/mol. The van der Waals surface area contributed by atoms with Gasteiger partial charge in [0.1, 0.15) is 4.21 Å². The smallest absolute Gasteiger partial charge is 0.337 e. The SMILES string of the molecule is Cc1ccc(S(=O)(=O)N2CCCC(C(=O)NCC(C)(O)C(=O)O)C2)s1. The van der Waals surface area contributed by atoms with E-state index in [1.807, 2.05) is 6.92 Å². The third-order valence-electron chi connectivity index (χ3n) is 4.13. The molecule has 10 heteroatoms. The van der Waals surface area contributed by atoms with Gasteiger partial charge in [0.15, 0.2) is 5.60 Å². The summed E-state index contributed by atoms with van der Waals surface area (Å²) < 4.78 is 26.9. The van der Waals surface area contributed by atoms with Crippen LogP contribution in [0.1, 0.15) is 24.6 Å². The van der Waals surface area contributed by atoms with Gasteiger partial charge in [-0.3, -0.25) is 4.79 Å². The van der Waals surface area contributed by atoms with E-state index in [0.717, 1.165) is 11.8 Å². The van der Waals surface area contributed by atoms with Crippen molar-refractivity contribution >= 4 is 33.2 Å². The van der Waals surface area contributed by atoms with Gasteiger partial charge in [0.2, 0.25) is 5.91 Å². The number of hydrogen-bond donors (Lipinski definition) is 3. The first-order chi connectivity index (χ1) is 11.5. The lowest BCUT2D eigenvalue weighted by Crippen LogP contribution is -2.50. The molecule has 0 saturated carbocycles. The molecule has 0 bridgehead atoms. The number of nitrogens with one attached hydrogen (secondary N) is 1. The van der Waals surface area contributed by atoms with Crippen LogP contribution >= 0.6 is 11.3 Å². The highest BCUT2D eigenvalue weighted by atomic mass is 32.2. The lowest BCUT2D eigenvalue weighted by Gasteiger charge is -2.31. The number of piperidine rings is 1. The number of aliphatic carboxylic acids is 1. The first-order valence-electron chi connectivity index (χ1n) is 7.84. The molecule has 140 valence electrons. The van der Waals surface area contributed by atoms with Crippen molar-refractivity contribution in [3.05, 3.63) is 17.0 Å². The van der Waals surface area contributed by atoms with E-state index in [2.05, 4.69) is 5.32 Å². The van der Waals surface area contributed by atoms with Gasteiger partial charge < -0.3 is 15.5 Å². The van der Waals surface area contributed by atoms with Crippen LogP contribution in [0.25, 0.3) is 0 Å². The van der Waals surface area contributed by atoms with Gasteiger partial charge in [-0.1, -0.05) is 0 Å². The van der Waals surface area contributed by atoms with Gasteiger partial charge in [-0.2, -0.15) is 4.31 Å². The summed E-state index contributed by atoms with van der Waals surface area (Å²) in [5, 5.41) is 20.9. The zero-order valence-corrected chi connectivity index (χ0v) is 15.7. The number of sulfonamides is 1. The number of amides is 1. The van der Waals surface area contributed by atoms with E-state index in [4.69, 9.17) is 5.11 Å². The van der Waals surface area contributed by atoms with E-state index < -0.39 is 40.0 Å². The van der Waals surface area contributed by atoms with Crippen molar-refractivity contribution < 1.29 is 28.2 Å². The second-order valence-corrected chi connectivity index (χ2v) is 9.82. The van der Waals surface area contributed by atoms with Crippen molar-refractivity contribution in [1.29, 1.82) is 0 Å². The number of carboxylic acids is 1. The van der Waals surface area contributed by atoms with Crippen LogP contribution in [0.15, 0.2) is 16.3 Å². The zero-order valence-electron chi connectivity index (χ0n) is 14.1. The molecule has 0 aromatic carbocycles. The minimum Gasteiger partial charge on any atom is -0.479 e. The summed E-state index contributed by atoms with van der Waals surface area (Å²) >= 11 is 1.19. The lowest BCUT2D eigenvalue weighted by atomic mass is 9.98. The molecule has 2 unspecified atom stereocenters. The fourth-order valence-electron chi connectivity index (χ4n) is 2.53. The lowest BCUT2D eigenvalue weighted by molar-refractivity contribution is -0.156. The summed E-state index contributed by atoms with van der Waals surface area (Å²) in [6.07, 6.45) is 1.05. The van der Waals surface area contributed by atoms with E-state index in [-0.39, 0.29) is 10.8 Å². The Morgan fingerprint density at radius 3 is 2.68 bits per heavy atom. The van der Waals surface area contributed by atoms with Gasteiger partial charge in [0, 0.05) is 18.0 Å². The van der Waals surface area contributed by atoms with Crippen LogP contribution in [0.5, 0.6) is 0 Å². The van der Waals surface area contributed by atoms with Crippen molar-refractivity contribution in [2.45, 2.75) is 36.5 Å². The average molecular weight is 390 g/mol. The first kappa shape index (κ1) is 19.8. The summed E-state index contributed by atoms with van der Waals surface area (Å²) in [6.45, 7) is 2.86. The number of rotatable bonds is 6. The number of aliphatic hydroxyl groups is 1. The highest BCUT2D eigenvalue weighted by Gasteiger charge is 2.36. The summed E-state index contributed by atoms with van der Waals surface area (Å²) in [6, 6.07) is 3.29. The Kier molecular flexibility index (Phi) is 5.87. The number of aryl methyl sites for hydroxylation is 1. The van der Waals surface area contributed by atoms with Crippen LogP contribution in [-0.4, -0.2) is 60.0 Å². The number of nitrogens with zero attached hydrogens (tertiary/aromatic N) is 1. The number of thiophene rings is 1. The summed E-state index contributed by atoms with van der Waals surface area (Å²) in [5.74, 6) is -2.47. The van der Waals surface area contributed by atoms with Gasteiger partial charge in [0.05, 0.1) is 12.5 Å². The highest BCUT2D eigenvalue weighted by molar-refractivity contribution is 7.91. The molecule has 1 amide bonds. The quantitative estimate of drug-likeness (QED) is 0.646. The summed E-state index contributed by atoms with van der Waals surface area (Å²) in [5.41, 5.74) is -2.06. The maximum atomic E-state index is 12.7. The Morgan fingerprint density at radius 1 is 1.44 bits per heavy atom. The predicted octanol–water partition coefficient (Wildman–Crippen LogP) is 0.409. The molecule has 2 heterocycles. The van der Waals surface area contributed by atoms with Gasteiger partial charge in [-0.15, -0.1) is 11.3 Å². The highest BCUT2D eigenvalue weighted by Crippen LogP contribution is 2.28. The molecule has 1 aliphatic heterocycles. The average Bonchev–Trinajstić information content (AvgIpc) is 3.00. The van der Waals surface area contributed by atoms with Crippen molar-refractivity contribution in [1.82, 2.24) is 9.62 Å². The van der Waals surface area contributed by atoms with E-state index >= 15 is 0 Å². The van der Waals surface area contributed by atoms with Crippen LogP contribution in [0.3, 0.4) is 0 Å².